The van der Waals surface area contributed by atoms with Crippen molar-refractivity contribution in [2.24, 2.45) is 0 Å². The first-order valence-corrected chi connectivity index (χ1v) is 7.11. The van der Waals surface area contributed by atoms with Crippen LogP contribution in [0.15, 0.2) is 53.4 Å². The lowest BCUT2D eigenvalue weighted by atomic mass is 10.1. The number of carbonyl (C=O) groups excluding carboxylic acids is 1. The van der Waals surface area contributed by atoms with Crippen LogP contribution in [-0.2, 0) is 0 Å². The van der Waals surface area contributed by atoms with E-state index in [-0.39, 0.29) is 5.78 Å². The van der Waals surface area contributed by atoms with Crippen LogP contribution in [0, 0.1) is 0 Å². The molecular formula is C15H13ClO2S. The van der Waals surface area contributed by atoms with Gasteiger partial charge >= 0.3 is 0 Å². The maximum Gasteiger partial charge on any atom is 0.173 e. The summed E-state index contributed by atoms with van der Waals surface area (Å²) in [6.45, 7) is 0. The lowest BCUT2D eigenvalue weighted by Crippen LogP contribution is -2.02. The third-order valence-electron chi connectivity index (χ3n) is 2.59. The molecule has 2 rings (SSSR count). The van der Waals surface area contributed by atoms with Crippen LogP contribution >= 0.6 is 23.4 Å². The van der Waals surface area contributed by atoms with E-state index >= 15 is 0 Å². The molecule has 2 aromatic carbocycles. The maximum absolute atomic E-state index is 12.1. The van der Waals surface area contributed by atoms with E-state index in [0.29, 0.717) is 22.1 Å². The van der Waals surface area contributed by atoms with Gasteiger partial charge in [0, 0.05) is 10.5 Å². The van der Waals surface area contributed by atoms with Crippen LogP contribution in [-0.4, -0.2) is 18.6 Å². The van der Waals surface area contributed by atoms with E-state index < -0.39 is 0 Å². The highest BCUT2D eigenvalue weighted by molar-refractivity contribution is 8.00. The minimum absolute atomic E-state index is 0.0591. The summed E-state index contributed by atoms with van der Waals surface area (Å²) in [5.41, 5.74) is 0.615. The van der Waals surface area contributed by atoms with Gasteiger partial charge in [0.05, 0.1) is 17.9 Å². The van der Waals surface area contributed by atoms with Crippen LogP contribution in [0.5, 0.6) is 5.75 Å². The molecule has 0 aliphatic carbocycles. The molecule has 0 aliphatic heterocycles. The van der Waals surface area contributed by atoms with Crippen molar-refractivity contribution in [3.05, 3.63) is 59.1 Å². The van der Waals surface area contributed by atoms with E-state index in [1.54, 1.807) is 18.2 Å². The quantitative estimate of drug-likeness (QED) is 0.606. The third kappa shape index (κ3) is 3.75. The average Bonchev–Trinajstić information content (AvgIpc) is 2.46. The van der Waals surface area contributed by atoms with E-state index in [1.165, 1.54) is 18.9 Å². The third-order valence-corrected chi connectivity index (χ3v) is 3.91. The van der Waals surface area contributed by atoms with Gasteiger partial charge in [0.15, 0.2) is 5.78 Å². The number of thioether (sulfide) groups is 1. The molecule has 19 heavy (non-hydrogen) atoms. The van der Waals surface area contributed by atoms with Gasteiger partial charge in [0.25, 0.3) is 0 Å². The monoisotopic (exact) mass is 292 g/mol. The van der Waals surface area contributed by atoms with Crippen LogP contribution in [0.3, 0.4) is 0 Å². The molecule has 0 amide bonds. The number of benzene rings is 2. The molecule has 0 fully saturated rings. The van der Waals surface area contributed by atoms with Crippen molar-refractivity contribution in [3.63, 3.8) is 0 Å². The van der Waals surface area contributed by atoms with Crippen LogP contribution < -0.4 is 4.74 Å². The summed E-state index contributed by atoms with van der Waals surface area (Å²) < 4.78 is 5.11. The average molecular weight is 293 g/mol. The molecular weight excluding hydrogens is 280 g/mol. The molecule has 0 spiro atoms. The van der Waals surface area contributed by atoms with Gasteiger partial charge in [-0.2, -0.15) is 0 Å². The highest BCUT2D eigenvalue weighted by atomic mass is 35.5. The van der Waals surface area contributed by atoms with Crippen molar-refractivity contribution in [1.82, 2.24) is 0 Å². The standard InChI is InChI=1S/C15H13ClO2S/c1-18-15-9-11(7-8-13(15)16)14(17)10-19-12-5-3-2-4-6-12/h2-9H,10H2,1H3. The van der Waals surface area contributed by atoms with Gasteiger partial charge < -0.3 is 4.74 Å². The Morgan fingerprint density at radius 3 is 2.63 bits per heavy atom. The second-order valence-electron chi connectivity index (χ2n) is 3.87. The fourth-order valence-corrected chi connectivity index (χ4v) is 2.59. The molecule has 4 heteroatoms. The van der Waals surface area contributed by atoms with E-state index in [9.17, 15) is 4.79 Å². The predicted molar refractivity (Wildman–Crippen MR) is 79.5 cm³/mol. The molecule has 0 aliphatic rings. The topological polar surface area (TPSA) is 26.3 Å². The van der Waals surface area contributed by atoms with E-state index in [1.807, 2.05) is 30.3 Å². The first-order chi connectivity index (χ1) is 9.20. The normalized spacial score (nSPS) is 10.2. The fourth-order valence-electron chi connectivity index (χ4n) is 1.58. The number of Topliss-reactive ketones (excluding diaryl/α,β-unsaturated/α-hetero) is 1. The Morgan fingerprint density at radius 1 is 1.21 bits per heavy atom. The summed E-state index contributed by atoms with van der Waals surface area (Å²) in [5, 5.41) is 0.509. The Balaban J connectivity index is 2.04. The predicted octanol–water partition coefficient (Wildman–Crippen LogP) is 4.32. The lowest BCUT2D eigenvalue weighted by Gasteiger charge is -2.06. The van der Waals surface area contributed by atoms with Gasteiger partial charge in [-0.1, -0.05) is 29.8 Å². The number of methoxy groups -OCH3 is 1. The second kappa shape index (κ2) is 6.64. The number of halogens is 1. The van der Waals surface area contributed by atoms with Crippen LogP contribution in [0.4, 0.5) is 0 Å². The molecule has 0 heterocycles. The summed E-state index contributed by atoms with van der Waals surface area (Å²) in [6, 6.07) is 14.9. The van der Waals surface area contributed by atoms with Crippen molar-refractivity contribution in [2.75, 3.05) is 12.9 Å². The number of rotatable bonds is 5. The molecule has 0 radical (unpaired) electrons. The Hall–Kier alpha value is -1.45. The summed E-state index contributed by atoms with van der Waals surface area (Å²) in [6.07, 6.45) is 0. The van der Waals surface area contributed by atoms with Crippen molar-refractivity contribution in [3.8, 4) is 5.75 Å². The lowest BCUT2D eigenvalue weighted by molar-refractivity contribution is 0.102. The maximum atomic E-state index is 12.1. The van der Waals surface area contributed by atoms with Gasteiger partial charge in [0.2, 0.25) is 0 Å². The summed E-state index contributed by atoms with van der Waals surface area (Å²) in [4.78, 5) is 13.2. The zero-order valence-electron chi connectivity index (χ0n) is 10.4. The molecule has 2 nitrogen and oxygen atoms in total. The van der Waals surface area contributed by atoms with Crippen molar-refractivity contribution < 1.29 is 9.53 Å². The fraction of sp³-hybridized carbons (Fsp3) is 0.133. The molecule has 0 saturated carbocycles. The van der Waals surface area contributed by atoms with Gasteiger partial charge in [-0.3, -0.25) is 4.79 Å². The first kappa shape index (κ1) is 14.0. The molecule has 0 N–H and O–H groups in total. The highest BCUT2D eigenvalue weighted by Crippen LogP contribution is 2.26. The Kier molecular flexibility index (Phi) is 4.88. The molecule has 0 unspecified atom stereocenters. The van der Waals surface area contributed by atoms with E-state index in [0.717, 1.165) is 4.90 Å². The minimum atomic E-state index is 0.0591. The largest absolute Gasteiger partial charge is 0.495 e. The molecule has 0 atom stereocenters. The Labute approximate surface area is 121 Å². The zero-order chi connectivity index (χ0) is 13.7. The summed E-state index contributed by atoms with van der Waals surface area (Å²) in [5.74, 6) is 0.982. The number of ether oxygens (including phenoxy) is 1. The molecule has 0 aromatic heterocycles. The molecule has 98 valence electrons. The Bertz CT molecular complexity index is 570. The minimum Gasteiger partial charge on any atom is -0.495 e. The van der Waals surface area contributed by atoms with Crippen LogP contribution in [0.2, 0.25) is 5.02 Å². The Morgan fingerprint density at radius 2 is 1.95 bits per heavy atom. The summed E-state index contributed by atoms with van der Waals surface area (Å²) in [7, 11) is 1.54. The van der Waals surface area contributed by atoms with Crippen molar-refractivity contribution >= 4 is 29.1 Å². The smallest absolute Gasteiger partial charge is 0.173 e. The highest BCUT2D eigenvalue weighted by Gasteiger charge is 2.09. The van der Waals surface area contributed by atoms with Gasteiger partial charge in [0.1, 0.15) is 5.75 Å². The molecule has 0 saturated heterocycles. The zero-order valence-corrected chi connectivity index (χ0v) is 12.0. The number of ketones is 1. The summed E-state index contributed by atoms with van der Waals surface area (Å²) >= 11 is 7.45. The molecule has 0 bridgehead atoms. The van der Waals surface area contributed by atoms with Crippen LogP contribution in [0.25, 0.3) is 0 Å². The first-order valence-electron chi connectivity index (χ1n) is 5.75. The van der Waals surface area contributed by atoms with E-state index in [2.05, 4.69) is 0 Å². The van der Waals surface area contributed by atoms with Crippen molar-refractivity contribution in [2.45, 2.75) is 4.90 Å². The van der Waals surface area contributed by atoms with Gasteiger partial charge in [-0.25, -0.2) is 0 Å². The number of carbonyl (C=O) groups is 1. The van der Waals surface area contributed by atoms with E-state index in [4.69, 9.17) is 16.3 Å². The number of hydrogen-bond acceptors (Lipinski definition) is 3. The van der Waals surface area contributed by atoms with Crippen LogP contribution in [0.1, 0.15) is 10.4 Å². The molecule has 2 aromatic rings. The SMILES string of the molecule is COc1cc(C(=O)CSc2ccccc2)ccc1Cl. The number of hydrogen-bond donors (Lipinski definition) is 0. The van der Waals surface area contributed by atoms with Gasteiger partial charge in [-0.05, 0) is 30.3 Å². The van der Waals surface area contributed by atoms with Crippen molar-refractivity contribution in [1.29, 1.82) is 0 Å². The van der Waals surface area contributed by atoms with Gasteiger partial charge in [-0.15, -0.1) is 11.8 Å². The second-order valence-corrected chi connectivity index (χ2v) is 5.33.